The quantitative estimate of drug-likeness (QED) is 0.455. The van der Waals surface area contributed by atoms with Crippen molar-refractivity contribution in [3.8, 4) is 0 Å². The summed E-state index contributed by atoms with van der Waals surface area (Å²) in [7, 11) is 0. The molecule has 0 aliphatic carbocycles. The molecule has 0 radical (unpaired) electrons. The lowest BCUT2D eigenvalue weighted by Crippen LogP contribution is -2.21. The average molecular weight is 253 g/mol. The highest BCUT2D eigenvalue weighted by molar-refractivity contribution is 4.74. The second kappa shape index (κ2) is 10.8. The maximum absolute atomic E-state index is 2.71. The highest BCUT2D eigenvalue weighted by Gasteiger charge is 2.20. The van der Waals surface area contributed by atoms with Gasteiger partial charge in [0.1, 0.15) is 0 Å². The number of hydrogen-bond donors (Lipinski definition) is 0. The Bertz CT molecular complexity index is 178. The molecule has 0 aromatic heterocycles. The van der Waals surface area contributed by atoms with Crippen molar-refractivity contribution in [2.24, 2.45) is 5.92 Å². The minimum Gasteiger partial charge on any atom is -0.303 e. The summed E-state index contributed by atoms with van der Waals surface area (Å²) in [6.45, 7) is 8.75. The molecular formula is C17H35N. The molecule has 1 heteroatoms. The first-order chi connectivity index (χ1) is 8.86. The topological polar surface area (TPSA) is 3.24 Å². The summed E-state index contributed by atoms with van der Waals surface area (Å²) in [5, 5.41) is 0. The second-order valence-electron chi connectivity index (χ2n) is 6.22. The van der Waals surface area contributed by atoms with Gasteiger partial charge in [-0.2, -0.15) is 0 Å². The Hall–Kier alpha value is -0.0400. The molecule has 1 aliphatic rings. The summed E-state index contributed by atoms with van der Waals surface area (Å²) in [6, 6.07) is 0. The molecule has 0 spiro atoms. The van der Waals surface area contributed by atoms with Crippen molar-refractivity contribution in [3.05, 3.63) is 0 Å². The molecule has 0 bridgehead atoms. The molecule has 1 nitrogen and oxygen atoms in total. The van der Waals surface area contributed by atoms with Gasteiger partial charge in [-0.15, -0.1) is 0 Å². The fourth-order valence-electron chi connectivity index (χ4n) is 3.23. The standard InChI is InChI=1S/C17H35N/c1-3-5-6-7-8-9-10-11-14-18-15-13-17(16-18)12-4-2/h17H,3-16H2,1-2H3. The molecule has 1 aliphatic heterocycles. The normalized spacial score (nSPS) is 20.7. The Kier molecular flexibility index (Phi) is 9.65. The van der Waals surface area contributed by atoms with Crippen LogP contribution in [-0.2, 0) is 0 Å². The summed E-state index contributed by atoms with van der Waals surface area (Å²) < 4.78 is 0. The van der Waals surface area contributed by atoms with E-state index in [4.69, 9.17) is 0 Å². The maximum atomic E-state index is 2.71. The van der Waals surface area contributed by atoms with Crippen LogP contribution in [0.1, 0.15) is 84.5 Å². The van der Waals surface area contributed by atoms with Gasteiger partial charge in [-0.1, -0.05) is 65.2 Å². The minimum absolute atomic E-state index is 1.02. The minimum atomic E-state index is 1.02. The number of hydrogen-bond acceptors (Lipinski definition) is 1. The van der Waals surface area contributed by atoms with Crippen LogP contribution in [0.4, 0.5) is 0 Å². The molecule has 1 saturated heterocycles. The summed E-state index contributed by atoms with van der Waals surface area (Å²) in [6.07, 6.45) is 15.9. The first kappa shape index (κ1) is 16.0. The van der Waals surface area contributed by atoms with E-state index in [0.29, 0.717) is 0 Å². The van der Waals surface area contributed by atoms with E-state index in [9.17, 15) is 0 Å². The Morgan fingerprint density at radius 3 is 2.17 bits per heavy atom. The second-order valence-corrected chi connectivity index (χ2v) is 6.22. The summed E-state index contributed by atoms with van der Waals surface area (Å²) in [4.78, 5) is 2.71. The smallest absolute Gasteiger partial charge is 0.00101 e. The molecule has 1 atom stereocenters. The highest BCUT2D eigenvalue weighted by Crippen LogP contribution is 2.21. The fraction of sp³-hybridized carbons (Fsp3) is 1.00. The van der Waals surface area contributed by atoms with Crippen LogP contribution in [0, 0.1) is 5.92 Å². The van der Waals surface area contributed by atoms with Crippen LogP contribution >= 0.6 is 0 Å². The lowest BCUT2D eigenvalue weighted by molar-refractivity contribution is 0.311. The molecule has 1 unspecified atom stereocenters. The summed E-state index contributed by atoms with van der Waals surface area (Å²) >= 11 is 0. The first-order valence-corrected chi connectivity index (χ1v) is 8.59. The third kappa shape index (κ3) is 7.41. The van der Waals surface area contributed by atoms with E-state index in [2.05, 4.69) is 18.7 Å². The van der Waals surface area contributed by atoms with Gasteiger partial charge in [0.2, 0.25) is 0 Å². The predicted octanol–water partition coefficient (Wildman–Crippen LogP) is 5.25. The first-order valence-electron chi connectivity index (χ1n) is 8.59. The van der Waals surface area contributed by atoms with E-state index in [0.717, 1.165) is 5.92 Å². The lowest BCUT2D eigenvalue weighted by Gasteiger charge is -2.15. The SMILES string of the molecule is CCCCCCCCCCN1CCC(CCC)C1. The van der Waals surface area contributed by atoms with Gasteiger partial charge >= 0.3 is 0 Å². The van der Waals surface area contributed by atoms with Gasteiger partial charge in [-0.25, -0.2) is 0 Å². The van der Waals surface area contributed by atoms with Gasteiger partial charge in [0.05, 0.1) is 0 Å². The zero-order chi connectivity index (χ0) is 13.1. The van der Waals surface area contributed by atoms with Crippen molar-refractivity contribution in [2.75, 3.05) is 19.6 Å². The Labute approximate surface area is 115 Å². The van der Waals surface area contributed by atoms with Crippen molar-refractivity contribution < 1.29 is 0 Å². The van der Waals surface area contributed by atoms with E-state index >= 15 is 0 Å². The van der Waals surface area contributed by atoms with Crippen LogP contribution in [0.5, 0.6) is 0 Å². The molecule has 18 heavy (non-hydrogen) atoms. The van der Waals surface area contributed by atoms with Gasteiger partial charge in [0, 0.05) is 6.54 Å². The van der Waals surface area contributed by atoms with Crippen molar-refractivity contribution in [2.45, 2.75) is 84.5 Å². The number of unbranched alkanes of at least 4 members (excludes halogenated alkanes) is 7. The number of likely N-dealkylation sites (tertiary alicyclic amines) is 1. The Morgan fingerprint density at radius 1 is 0.833 bits per heavy atom. The predicted molar refractivity (Wildman–Crippen MR) is 82.1 cm³/mol. The van der Waals surface area contributed by atoms with Crippen molar-refractivity contribution in [1.82, 2.24) is 4.90 Å². The summed E-state index contributed by atoms with van der Waals surface area (Å²) in [5.74, 6) is 1.02. The van der Waals surface area contributed by atoms with Gasteiger partial charge < -0.3 is 4.90 Å². The van der Waals surface area contributed by atoms with Crippen LogP contribution in [0.3, 0.4) is 0 Å². The zero-order valence-electron chi connectivity index (χ0n) is 12.9. The van der Waals surface area contributed by atoms with Gasteiger partial charge in [-0.3, -0.25) is 0 Å². The van der Waals surface area contributed by atoms with Gasteiger partial charge in [0.25, 0.3) is 0 Å². The number of nitrogens with zero attached hydrogens (tertiary/aromatic N) is 1. The summed E-state index contributed by atoms with van der Waals surface area (Å²) in [5.41, 5.74) is 0. The largest absolute Gasteiger partial charge is 0.303 e. The molecule has 0 aromatic rings. The number of rotatable bonds is 11. The van der Waals surface area contributed by atoms with Gasteiger partial charge in [-0.05, 0) is 38.3 Å². The van der Waals surface area contributed by atoms with Crippen LogP contribution < -0.4 is 0 Å². The molecule has 108 valence electrons. The lowest BCUT2D eigenvalue weighted by atomic mass is 10.0. The van der Waals surface area contributed by atoms with Crippen LogP contribution in [0.2, 0.25) is 0 Å². The van der Waals surface area contributed by atoms with E-state index in [1.54, 1.807) is 0 Å². The highest BCUT2D eigenvalue weighted by atomic mass is 15.1. The molecule has 0 N–H and O–H groups in total. The third-order valence-electron chi connectivity index (χ3n) is 4.39. The molecule has 1 rings (SSSR count). The van der Waals surface area contributed by atoms with E-state index in [1.165, 1.54) is 90.3 Å². The molecule has 0 aromatic carbocycles. The van der Waals surface area contributed by atoms with Gasteiger partial charge in [0.15, 0.2) is 0 Å². The molecule has 0 amide bonds. The van der Waals surface area contributed by atoms with E-state index in [-0.39, 0.29) is 0 Å². The molecular weight excluding hydrogens is 218 g/mol. The third-order valence-corrected chi connectivity index (χ3v) is 4.39. The average Bonchev–Trinajstić information content (AvgIpc) is 2.81. The Balaban J connectivity index is 1.84. The molecule has 0 saturated carbocycles. The van der Waals surface area contributed by atoms with E-state index < -0.39 is 0 Å². The van der Waals surface area contributed by atoms with Crippen LogP contribution in [0.15, 0.2) is 0 Å². The van der Waals surface area contributed by atoms with Crippen LogP contribution in [-0.4, -0.2) is 24.5 Å². The Morgan fingerprint density at radius 2 is 1.50 bits per heavy atom. The zero-order valence-corrected chi connectivity index (χ0v) is 12.9. The van der Waals surface area contributed by atoms with Crippen LogP contribution in [0.25, 0.3) is 0 Å². The fourth-order valence-corrected chi connectivity index (χ4v) is 3.23. The maximum Gasteiger partial charge on any atom is 0.00101 e. The van der Waals surface area contributed by atoms with E-state index in [1.807, 2.05) is 0 Å². The molecule has 1 fully saturated rings. The van der Waals surface area contributed by atoms with Crippen molar-refractivity contribution in [3.63, 3.8) is 0 Å². The van der Waals surface area contributed by atoms with Crippen molar-refractivity contribution in [1.29, 1.82) is 0 Å². The molecule has 1 heterocycles. The monoisotopic (exact) mass is 253 g/mol. The van der Waals surface area contributed by atoms with Crippen molar-refractivity contribution >= 4 is 0 Å².